The van der Waals surface area contributed by atoms with Crippen LogP contribution in [0.1, 0.15) is 135 Å². The van der Waals surface area contributed by atoms with E-state index < -0.39 is 16.1 Å². The van der Waals surface area contributed by atoms with Crippen LogP contribution in [0.5, 0.6) is 0 Å². The molecule has 1 aliphatic heterocycles. The van der Waals surface area contributed by atoms with Crippen molar-refractivity contribution in [2.75, 3.05) is 29.1 Å². The summed E-state index contributed by atoms with van der Waals surface area (Å²) in [5, 5.41) is 2.71. The fourth-order valence-electron chi connectivity index (χ4n) is 5.35. The van der Waals surface area contributed by atoms with Crippen molar-refractivity contribution in [2.45, 2.75) is 136 Å². The van der Waals surface area contributed by atoms with Gasteiger partial charge in [0.15, 0.2) is 0 Å². The number of unbranched alkanes of at least 4 members (excludes halogenated alkanes) is 16. The number of carbonyl (C=O) groups is 1. The van der Waals surface area contributed by atoms with Gasteiger partial charge in [-0.25, -0.2) is 17.9 Å². The van der Waals surface area contributed by atoms with E-state index in [2.05, 4.69) is 34.9 Å². The van der Waals surface area contributed by atoms with Gasteiger partial charge in [0.1, 0.15) is 0 Å². The Hall–Kier alpha value is -1.76. The van der Waals surface area contributed by atoms with Crippen LogP contribution < -0.4 is 14.9 Å². The van der Waals surface area contributed by atoms with Crippen LogP contribution in [0.25, 0.3) is 0 Å². The van der Waals surface area contributed by atoms with E-state index in [1.54, 1.807) is 0 Å². The maximum absolute atomic E-state index is 12.3. The first kappa shape index (κ1) is 32.5. The molecular formula is C31H55N3O3S. The Balaban J connectivity index is 1.61. The second-order valence-electron chi connectivity index (χ2n) is 11.1. The third kappa shape index (κ3) is 13.9. The highest BCUT2D eigenvalue weighted by Gasteiger charge is 2.20. The molecule has 218 valence electrons. The number of hydrogen-bond acceptors (Lipinski definition) is 4. The normalized spacial score (nSPS) is 13.1. The Morgan fingerprint density at radius 1 is 0.763 bits per heavy atom. The highest BCUT2D eigenvalue weighted by atomic mass is 32.2. The average molecular weight is 550 g/mol. The second-order valence-corrected chi connectivity index (χ2v) is 13.0. The van der Waals surface area contributed by atoms with E-state index in [4.69, 9.17) is 0 Å². The predicted molar refractivity (Wildman–Crippen MR) is 163 cm³/mol. The highest BCUT2D eigenvalue weighted by molar-refractivity contribution is 7.90. The number of carbonyl (C=O) groups excluding carboxylic acids is 1. The third-order valence-electron chi connectivity index (χ3n) is 7.63. The van der Waals surface area contributed by atoms with E-state index in [1.165, 1.54) is 101 Å². The zero-order chi connectivity index (χ0) is 27.5. The summed E-state index contributed by atoms with van der Waals surface area (Å²) in [5.74, 6) is -0.00515. The smallest absolute Gasteiger partial charge is 0.332 e. The number of rotatable bonds is 22. The van der Waals surface area contributed by atoms with E-state index in [1.807, 2.05) is 12.1 Å². The van der Waals surface area contributed by atoms with Crippen molar-refractivity contribution in [2.24, 2.45) is 0 Å². The van der Waals surface area contributed by atoms with E-state index in [-0.39, 0.29) is 5.75 Å². The first-order valence-corrected chi connectivity index (χ1v) is 17.3. The van der Waals surface area contributed by atoms with Crippen LogP contribution in [0.4, 0.5) is 16.2 Å². The molecule has 0 radical (unpaired) electrons. The lowest BCUT2D eigenvalue weighted by Gasteiger charge is -2.19. The molecule has 0 unspecified atom stereocenters. The van der Waals surface area contributed by atoms with Gasteiger partial charge in [0, 0.05) is 24.5 Å². The number of fused-ring (bicyclic) bond motifs is 1. The number of nitrogens with one attached hydrogen (secondary N) is 2. The van der Waals surface area contributed by atoms with E-state index in [9.17, 15) is 13.2 Å². The summed E-state index contributed by atoms with van der Waals surface area (Å²) in [6, 6.07) is 5.24. The SMILES string of the molecule is CCCCCCCCCCCCS(=O)(=O)NC(=O)Nc1ccc2c(c1)CCN2CCCCCCCCCC. The van der Waals surface area contributed by atoms with Gasteiger partial charge >= 0.3 is 6.03 Å². The number of anilines is 2. The second kappa shape index (κ2) is 19.3. The van der Waals surface area contributed by atoms with Crippen LogP contribution in [-0.2, 0) is 16.4 Å². The molecule has 2 amide bonds. The number of sulfonamides is 1. The summed E-state index contributed by atoms with van der Waals surface area (Å²) in [6.07, 6.45) is 23.0. The minimum atomic E-state index is -3.62. The Labute approximate surface area is 233 Å². The van der Waals surface area contributed by atoms with E-state index in [0.29, 0.717) is 12.1 Å². The fourth-order valence-corrected chi connectivity index (χ4v) is 6.36. The number of amides is 2. The Kier molecular flexibility index (Phi) is 16.5. The first-order chi connectivity index (χ1) is 18.4. The molecule has 1 heterocycles. The fraction of sp³-hybridized carbons (Fsp3) is 0.774. The monoisotopic (exact) mass is 549 g/mol. The Bertz CT molecular complexity index is 888. The van der Waals surface area contributed by atoms with Gasteiger partial charge in [-0.3, -0.25) is 0 Å². The number of urea groups is 1. The molecule has 0 bridgehead atoms. The van der Waals surface area contributed by atoms with Crippen LogP contribution in [0.2, 0.25) is 0 Å². The molecule has 0 aliphatic carbocycles. The average Bonchev–Trinajstić information content (AvgIpc) is 3.28. The van der Waals surface area contributed by atoms with E-state index >= 15 is 0 Å². The molecule has 1 aliphatic rings. The number of nitrogens with zero attached hydrogens (tertiary/aromatic N) is 1. The summed E-state index contributed by atoms with van der Waals surface area (Å²) in [7, 11) is -3.62. The van der Waals surface area contributed by atoms with Crippen molar-refractivity contribution >= 4 is 27.4 Å². The number of hydrogen-bond donors (Lipinski definition) is 2. The summed E-state index contributed by atoms with van der Waals surface area (Å²) in [5.41, 5.74) is 3.10. The molecule has 0 saturated carbocycles. The summed E-state index contributed by atoms with van der Waals surface area (Å²) in [4.78, 5) is 14.8. The van der Waals surface area contributed by atoms with Crippen LogP contribution in [0.3, 0.4) is 0 Å². The van der Waals surface area contributed by atoms with Crippen LogP contribution >= 0.6 is 0 Å². The molecule has 0 saturated heterocycles. The standard InChI is InChI=1S/C31H55N3O3S/c1-3-5-7-9-11-13-14-16-18-20-26-38(36,37)33-31(35)32-29-21-22-30-28(27-29)23-25-34(30)24-19-17-15-12-10-8-6-4-2/h21-22,27H,3-20,23-26H2,1-2H3,(H2,32,33,35). The van der Waals surface area contributed by atoms with E-state index in [0.717, 1.165) is 38.8 Å². The minimum absolute atomic E-state index is 0.00515. The highest BCUT2D eigenvalue weighted by Crippen LogP contribution is 2.30. The maximum Gasteiger partial charge on any atom is 0.332 e. The van der Waals surface area contributed by atoms with Crippen molar-refractivity contribution in [3.63, 3.8) is 0 Å². The van der Waals surface area contributed by atoms with Crippen molar-refractivity contribution in [3.8, 4) is 0 Å². The third-order valence-corrected chi connectivity index (χ3v) is 8.95. The summed E-state index contributed by atoms with van der Waals surface area (Å²) in [6.45, 7) is 6.57. The topological polar surface area (TPSA) is 78.5 Å². The van der Waals surface area contributed by atoms with Gasteiger partial charge in [0.2, 0.25) is 10.0 Å². The molecule has 0 fully saturated rings. The molecule has 6 nitrogen and oxygen atoms in total. The molecular weight excluding hydrogens is 494 g/mol. The zero-order valence-electron chi connectivity index (χ0n) is 24.4. The van der Waals surface area contributed by atoms with Crippen molar-refractivity contribution in [1.29, 1.82) is 0 Å². The largest absolute Gasteiger partial charge is 0.371 e. The van der Waals surface area contributed by atoms with Gasteiger partial charge in [-0.15, -0.1) is 0 Å². The first-order valence-electron chi connectivity index (χ1n) is 15.6. The lowest BCUT2D eigenvalue weighted by atomic mass is 10.1. The predicted octanol–water partition coefficient (Wildman–Crippen LogP) is 8.56. The molecule has 2 N–H and O–H groups in total. The quantitative estimate of drug-likeness (QED) is 0.142. The maximum atomic E-state index is 12.3. The van der Waals surface area contributed by atoms with Crippen molar-refractivity contribution < 1.29 is 13.2 Å². The lowest BCUT2D eigenvalue weighted by molar-refractivity contribution is 0.256. The molecule has 7 heteroatoms. The Morgan fingerprint density at radius 3 is 1.87 bits per heavy atom. The zero-order valence-corrected chi connectivity index (χ0v) is 25.2. The number of benzene rings is 1. The lowest BCUT2D eigenvalue weighted by Crippen LogP contribution is -2.35. The van der Waals surface area contributed by atoms with Gasteiger partial charge in [0.05, 0.1) is 5.75 Å². The molecule has 1 aromatic rings. The Morgan fingerprint density at radius 2 is 1.29 bits per heavy atom. The van der Waals surface area contributed by atoms with Crippen molar-refractivity contribution in [3.05, 3.63) is 23.8 Å². The summed E-state index contributed by atoms with van der Waals surface area (Å²) >= 11 is 0. The van der Waals surface area contributed by atoms with Crippen LogP contribution in [0.15, 0.2) is 18.2 Å². The molecule has 0 spiro atoms. The van der Waals surface area contributed by atoms with Crippen molar-refractivity contribution in [1.82, 2.24) is 4.72 Å². The van der Waals surface area contributed by atoms with Gasteiger partial charge in [0.25, 0.3) is 0 Å². The summed E-state index contributed by atoms with van der Waals surface area (Å²) < 4.78 is 26.8. The van der Waals surface area contributed by atoms with Crippen LogP contribution in [0, 0.1) is 0 Å². The minimum Gasteiger partial charge on any atom is -0.371 e. The molecule has 2 rings (SSSR count). The van der Waals surface area contributed by atoms with Gasteiger partial charge in [-0.2, -0.15) is 0 Å². The van der Waals surface area contributed by atoms with Gasteiger partial charge < -0.3 is 10.2 Å². The molecule has 0 atom stereocenters. The molecule has 1 aromatic carbocycles. The molecule has 0 aromatic heterocycles. The van der Waals surface area contributed by atoms with Crippen LogP contribution in [-0.4, -0.2) is 33.3 Å². The van der Waals surface area contributed by atoms with Gasteiger partial charge in [-0.05, 0) is 43.0 Å². The van der Waals surface area contributed by atoms with Gasteiger partial charge in [-0.1, -0.05) is 117 Å². The molecule has 38 heavy (non-hydrogen) atoms.